The first-order valence-corrected chi connectivity index (χ1v) is 7.47. The molecular weight excluding hydrogens is 304 g/mol. The average molecular weight is 320 g/mol. The summed E-state index contributed by atoms with van der Waals surface area (Å²) >= 11 is 0. The first-order valence-electron chi connectivity index (χ1n) is 7.47. The number of hydrogen-bond acceptors (Lipinski definition) is 3. The van der Waals surface area contributed by atoms with Gasteiger partial charge < -0.3 is 9.72 Å². The van der Waals surface area contributed by atoms with Crippen LogP contribution in [0.15, 0.2) is 77.7 Å². The fourth-order valence-corrected chi connectivity index (χ4v) is 2.22. The predicted molar refractivity (Wildman–Crippen MR) is 92.7 cm³/mol. The van der Waals surface area contributed by atoms with E-state index in [-0.39, 0.29) is 12.0 Å². The molecule has 5 nitrogen and oxygen atoms in total. The van der Waals surface area contributed by atoms with E-state index in [1.807, 2.05) is 42.5 Å². The minimum Gasteiger partial charge on any atom is -0.444 e. The van der Waals surface area contributed by atoms with Gasteiger partial charge in [-0.15, -0.1) is 0 Å². The van der Waals surface area contributed by atoms with Crippen molar-refractivity contribution >= 4 is 11.8 Å². The quantitative estimate of drug-likeness (QED) is 0.768. The number of rotatable bonds is 4. The number of H-pyrrole nitrogens is 1. The molecule has 0 unspecified atom stereocenters. The number of carbonyl (C=O) groups excluding carboxylic acids is 1. The van der Waals surface area contributed by atoms with Gasteiger partial charge in [0.05, 0.1) is 0 Å². The van der Waals surface area contributed by atoms with Crippen LogP contribution >= 0.6 is 0 Å². The van der Waals surface area contributed by atoms with E-state index in [1.54, 1.807) is 18.3 Å². The minimum absolute atomic E-state index is 0.0598. The first kappa shape index (κ1) is 15.6. The van der Waals surface area contributed by atoms with E-state index in [4.69, 9.17) is 4.74 Å². The van der Waals surface area contributed by atoms with E-state index in [2.05, 4.69) is 10.3 Å². The number of nitrogens with one attached hydrogen (secondary N) is 2. The lowest BCUT2D eigenvalue weighted by Crippen LogP contribution is -2.13. The van der Waals surface area contributed by atoms with Crippen LogP contribution in [0.5, 0.6) is 0 Å². The molecule has 0 atom stereocenters. The molecule has 0 aliphatic heterocycles. The maximum atomic E-state index is 11.8. The molecule has 120 valence electrons. The third-order valence-electron chi connectivity index (χ3n) is 3.43. The number of aromatic nitrogens is 1. The van der Waals surface area contributed by atoms with E-state index < -0.39 is 6.09 Å². The Morgan fingerprint density at radius 3 is 2.46 bits per heavy atom. The van der Waals surface area contributed by atoms with E-state index in [9.17, 15) is 9.59 Å². The van der Waals surface area contributed by atoms with Crippen molar-refractivity contribution < 1.29 is 9.53 Å². The number of amides is 1. The van der Waals surface area contributed by atoms with Crippen molar-refractivity contribution in [2.45, 2.75) is 6.61 Å². The van der Waals surface area contributed by atoms with Gasteiger partial charge in [-0.3, -0.25) is 10.1 Å². The zero-order chi connectivity index (χ0) is 16.8. The van der Waals surface area contributed by atoms with E-state index in [0.717, 1.165) is 16.8 Å². The van der Waals surface area contributed by atoms with Crippen LogP contribution in [0.2, 0.25) is 0 Å². The molecule has 0 aliphatic rings. The maximum absolute atomic E-state index is 11.8. The Labute approximate surface area is 138 Å². The number of benzene rings is 2. The molecule has 1 aromatic heterocycles. The van der Waals surface area contributed by atoms with Crippen molar-refractivity contribution in [3.05, 3.63) is 88.7 Å². The van der Waals surface area contributed by atoms with Gasteiger partial charge in [0.25, 0.3) is 0 Å². The highest BCUT2D eigenvalue weighted by Gasteiger charge is 2.04. The second kappa shape index (κ2) is 7.28. The normalized spacial score (nSPS) is 10.2. The Morgan fingerprint density at radius 1 is 1.00 bits per heavy atom. The smallest absolute Gasteiger partial charge is 0.411 e. The summed E-state index contributed by atoms with van der Waals surface area (Å²) in [5.41, 5.74) is 3.07. The predicted octanol–water partition coefficient (Wildman–Crippen LogP) is 3.79. The van der Waals surface area contributed by atoms with Gasteiger partial charge in [-0.1, -0.05) is 42.5 Å². The highest BCUT2D eigenvalue weighted by atomic mass is 16.5. The van der Waals surface area contributed by atoms with Gasteiger partial charge >= 0.3 is 6.09 Å². The molecule has 1 amide bonds. The standard InChI is InChI=1S/C19H16N2O3/c22-17-10-11-20-18(12-17)15-6-8-16(9-7-15)21-19(23)24-13-14-4-2-1-3-5-14/h1-12H,13H2,(H,20,22)(H,21,23). The van der Waals surface area contributed by atoms with Crippen LogP contribution in [0.1, 0.15) is 5.56 Å². The van der Waals surface area contributed by atoms with Crippen LogP contribution in [0.25, 0.3) is 11.3 Å². The fourth-order valence-electron chi connectivity index (χ4n) is 2.22. The topological polar surface area (TPSA) is 71.2 Å². The molecule has 1 heterocycles. The molecule has 3 aromatic rings. The number of aromatic amines is 1. The van der Waals surface area contributed by atoms with Gasteiger partial charge in [-0.05, 0) is 23.3 Å². The molecule has 0 bridgehead atoms. The Balaban J connectivity index is 1.59. The van der Waals surface area contributed by atoms with Crippen LogP contribution in [-0.4, -0.2) is 11.1 Å². The second-order valence-electron chi connectivity index (χ2n) is 5.20. The second-order valence-corrected chi connectivity index (χ2v) is 5.20. The van der Waals surface area contributed by atoms with Crippen molar-refractivity contribution in [1.29, 1.82) is 0 Å². The van der Waals surface area contributed by atoms with Gasteiger partial charge in [0.15, 0.2) is 5.43 Å². The monoisotopic (exact) mass is 320 g/mol. The van der Waals surface area contributed by atoms with Crippen LogP contribution in [0.3, 0.4) is 0 Å². The summed E-state index contributed by atoms with van der Waals surface area (Å²) < 4.78 is 5.17. The first-order chi connectivity index (χ1) is 11.7. The molecule has 2 N–H and O–H groups in total. The summed E-state index contributed by atoms with van der Waals surface area (Å²) in [5.74, 6) is 0. The largest absolute Gasteiger partial charge is 0.444 e. The number of pyridine rings is 1. The third-order valence-corrected chi connectivity index (χ3v) is 3.43. The molecule has 0 spiro atoms. The maximum Gasteiger partial charge on any atom is 0.411 e. The van der Waals surface area contributed by atoms with E-state index in [0.29, 0.717) is 5.69 Å². The highest BCUT2D eigenvalue weighted by Crippen LogP contribution is 2.18. The molecule has 0 saturated carbocycles. The van der Waals surface area contributed by atoms with Gasteiger partial charge in [-0.25, -0.2) is 4.79 Å². The molecule has 2 aromatic carbocycles. The lowest BCUT2D eigenvalue weighted by Gasteiger charge is -2.08. The Kier molecular flexibility index (Phi) is 4.72. The van der Waals surface area contributed by atoms with Crippen molar-refractivity contribution in [3.8, 4) is 11.3 Å². The summed E-state index contributed by atoms with van der Waals surface area (Å²) in [6.45, 7) is 0.218. The van der Waals surface area contributed by atoms with Gasteiger partial charge in [0.2, 0.25) is 0 Å². The molecule has 0 fully saturated rings. The molecule has 24 heavy (non-hydrogen) atoms. The van der Waals surface area contributed by atoms with Crippen molar-refractivity contribution in [2.24, 2.45) is 0 Å². The summed E-state index contributed by atoms with van der Waals surface area (Å²) in [6.07, 6.45) is 1.09. The van der Waals surface area contributed by atoms with Crippen LogP contribution in [0.4, 0.5) is 10.5 Å². The molecule has 5 heteroatoms. The van der Waals surface area contributed by atoms with Crippen molar-refractivity contribution in [2.75, 3.05) is 5.32 Å². The Morgan fingerprint density at radius 2 is 1.75 bits per heavy atom. The Bertz CT molecular complexity index is 871. The SMILES string of the molecule is O=C(Nc1ccc(-c2cc(=O)cc[nH]2)cc1)OCc1ccccc1. The van der Waals surface area contributed by atoms with Gasteiger partial charge in [0, 0.05) is 29.7 Å². The lowest BCUT2D eigenvalue weighted by atomic mass is 10.1. The molecule has 0 radical (unpaired) electrons. The molecule has 0 saturated heterocycles. The highest BCUT2D eigenvalue weighted by molar-refractivity contribution is 5.85. The summed E-state index contributed by atoms with van der Waals surface area (Å²) in [6, 6.07) is 19.6. The average Bonchev–Trinajstić information content (AvgIpc) is 2.61. The Hall–Kier alpha value is -3.34. The van der Waals surface area contributed by atoms with Crippen molar-refractivity contribution in [3.63, 3.8) is 0 Å². The summed E-state index contributed by atoms with van der Waals surface area (Å²) in [7, 11) is 0. The van der Waals surface area contributed by atoms with E-state index in [1.165, 1.54) is 12.1 Å². The lowest BCUT2D eigenvalue weighted by molar-refractivity contribution is 0.155. The number of carbonyl (C=O) groups is 1. The van der Waals surface area contributed by atoms with Gasteiger partial charge in [-0.2, -0.15) is 0 Å². The summed E-state index contributed by atoms with van der Waals surface area (Å²) in [5, 5.41) is 2.67. The molecule has 3 rings (SSSR count). The zero-order valence-corrected chi connectivity index (χ0v) is 12.9. The molecule has 0 aliphatic carbocycles. The zero-order valence-electron chi connectivity index (χ0n) is 12.9. The number of anilines is 1. The van der Waals surface area contributed by atoms with Crippen molar-refractivity contribution in [1.82, 2.24) is 4.98 Å². The van der Waals surface area contributed by atoms with Crippen LogP contribution in [-0.2, 0) is 11.3 Å². The fraction of sp³-hybridized carbons (Fsp3) is 0.0526. The van der Waals surface area contributed by atoms with Gasteiger partial charge in [0.1, 0.15) is 6.61 Å². The third kappa shape index (κ3) is 4.10. The van der Waals surface area contributed by atoms with Crippen LogP contribution in [0, 0.1) is 0 Å². The van der Waals surface area contributed by atoms with E-state index >= 15 is 0 Å². The molecular formula is C19H16N2O3. The minimum atomic E-state index is -0.514. The van der Waals surface area contributed by atoms with Crippen LogP contribution < -0.4 is 10.7 Å². The number of ether oxygens (including phenoxy) is 1. The summed E-state index contributed by atoms with van der Waals surface area (Å²) in [4.78, 5) is 26.2. The number of hydrogen-bond donors (Lipinski definition) is 2.